The number of alkyl halides is 3. The molecule has 108 valence electrons. The minimum Gasteiger partial charge on any atom is -0.378 e. The van der Waals surface area contributed by atoms with Gasteiger partial charge >= 0.3 is 6.18 Å². The van der Waals surface area contributed by atoms with E-state index in [0.29, 0.717) is 26.3 Å². The Morgan fingerprint density at radius 2 is 1.75 bits per heavy atom. The zero-order valence-electron chi connectivity index (χ0n) is 10.7. The van der Waals surface area contributed by atoms with Crippen molar-refractivity contribution in [1.29, 1.82) is 0 Å². The number of nitrogens with zero attached hydrogens (tertiary/aromatic N) is 1. The lowest BCUT2D eigenvalue weighted by Gasteiger charge is -2.26. The number of morpholine rings is 1. The van der Waals surface area contributed by atoms with Crippen LogP contribution in [0.1, 0.15) is 5.56 Å². The van der Waals surface area contributed by atoms with Gasteiger partial charge < -0.3 is 9.64 Å². The van der Waals surface area contributed by atoms with E-state index in [0.717, 1.165) is 0 Å². The first-order chi connectivity index (χ1) is 9.48. The van der Waals surface area contributed by atoms with Gasteiger partial charge in [0, 0.05) is 19.3 Å². The molecule has 3 nitrogen and oxygen atoms in total. The van der Waals surface area contributed by atoms with Gasteiger partial charge in [-0.2, -0.15) is 13.2 Å². The molecule has 0 unspecified atom stereocenters. The molecule has 1 heterocycles. The monoisotopic (exact) mass is 285 g/mol. The lowest BCUT2D eigenvalue weighted by atomic mass is 10.0. The molecular formula is C14H14F3NO2. The summed E-state index contributed by atoms with van der Waals surface area (Å²) in [7, 11) is 0. The van der Waals surface area contributed by atoms with E-state index in [-0.39, 0.29) is 11.1 Å². The second-order valence-corrected chi connectivity index (χ2v) is 4.38. The molecule has 0 spiro atoms. The second-order valence-electron chi connectivity index (χ2n) is 4.38. The van der Waals surface area contributed by atoms with Gasteiger partial charge in [-0.15, -0.1) is 0 Å². The minimum atomic E-state index is -4.88. The molecule has 0 bridgehead atoms. The smallest absolute Gasteiger partial charge is 0.378 e. The number of hydrogen-bond donors (Lipinski definition) is 0. The van der Waals surface area contributed by atoms with Crippen LogP contribution < -0.4 is 0 Å². The van der Waals surface area contributed by atoms with Crippen LogP contribution in [0, 0.1) is 0 Å². The number of ether oxygens (including phenoxy) is 1. The van der Waals surface area contributed by atoms with Crippen LogP contribution in [0.4, 0.5) is 13.2 Å². The van der Waals surface area contributed by atoms with Crippen molar-refractivity contribution in [1.82, 2.24) is 4.90 Å². The topological polar surface area (TPSA) is 29.5 Å². The molecule has 6 heteroatoms. The first-order valence-corrected chi connectivity index (χ1v) is 6.19. The number of carbonyl (C=O) groups is 1. The Kier molecular flexibility index (Phi) is 4.44. The SMILES string of the molecule is O=C(/C(=C\N1CCOCC1)c1ccccc1)C(F)(F)F. The van der Waals surface area contributed by atoms with Gasteiger partial charge in [0.05, 0.1) is 18.8 Å². The Labute approximate surface area is 114 Å². The summed E-state index contributed by atoms with van der Waals surface area (Å²) >= 11 is 0. The Bertz CT molecular complexity index is 491. The third kappa shape index (κ3) is 3.60. The van der Waals surface area contributed by atoms with Crippen molar-refractivity contribution in [3.05, 3.63) is 42.1 Å². The summed E-state index contributed by atoms with van der Waals surface area (Å²) in [6.45, 7) is 1.83. The summed E-state index contributed by atoms with van der Waals surface area (Å²) in [5, 5.41) is 0. The third-order valence-corrected chi connectivity index (χ3v) is 2.94. The molecule has 1 fully saturated rings. The van der Waals surface area contributed by atoms with Gasteiger partial charge in [0.15, 0.2) is 0 Å². The minimum absolute atomic E-state index is 0.265. The summed E-state index contributed by atoms with van der Waals surface area (Å²) in [4.78, 5) is 13.3. The number of benzene rings is 1. The van der Waals surface area contributed by atoms with Crippen LogP contribution in [-0.2, 0) is 9.53 Å². The molecule has 1 aliphatic rings. The van der Waals surface area contributed by atoms with Gasteiger partial charge in [-0.1, -0.05) is 30.3 Å². The molecule has 0 saturated carbocycles. The fraction of sp³-hybridized carbons (Fsp3) is 0.357. The van der Waals surface area contributed by atoms with E-state index in [2.05, 4.69) is 0 Å². The Morgan fingerprint density at radius 1 is 1.15 bits per heavy atom. The molecule has 0 aromatic heterocycles. The van der Waals surface area contributed by atoms with Crippen molar-refractivity contribution in [3.8, 4) is 0 Å². The molecule has 0 radical (unpaired) electrons. The standard InChI is InChI=1S/C14H14F3NO2/c15-14(16,17)13(19)12(11-4-2-1-3-5-11)10-18-6-8-20-9-7-18/h1-5,10H,6-9H2/b12-10-. The second kappa shape index (κ2) is 6.09. The van der Waals surface area contributed by atoms with Crippen molar-refractivity contribution >= 4 is 11.4 Å². The molecule has 1 aromatic rings. The lowest BCUT2D eigenvalue weighted by Crippen LogP contribution is -2.33. The summed E-state index contributed by atoms with van der Waals surface area (Å²) < 4.78 is 43.3. The number of rotatable bonds is 3. The van der Waals surface area contributed by atoms with Crippen LogP contribution in [0.2, 0.25) is 0 Å². The van der Waals surface area contributed by atoms with E-state index in [9.17, 15) is 18.0 Å². The molecule has 0 N–H and O–H groups in total. The molecule has 20 heavy (non-hydrogen) atoms. The summed E-state index contributed by atoms with van der Waals surface area (Å²) in [5.41, 5.74) is -0.0682. The molecule has 1 saturated heterocycles. The summed E-state index contributed by atoms with van der Waals surface area (Å²) in [6, 6.07) is 7.89. The Morgan fingerprint density at radius 3 is 2.30 bits per heavy atom. The fourth-order valence-electron chi connectivity index (χ4n) is 1.92. The van der Waals surface area contributed by atoms with E-state index >= 15 is 0 Å². The molecule has 1 aromatic carbocycles. The molecule has 2 rings (SSSR count). The number of ketones is 1. The van der Waals surface area contributed by atoms with Crippen LogP contribution in [0.15, 0.2) is 36.5 Å². The van der Waals surface area contributed by atoms with E-state index in [1.807, 2.05) is 0 Å². The van der Waals surface area contributed by atoms with Gasteiger partial charge in [-0.05, 0) is 5.56 Å². The molecular weight excluding hydrogens is 271 g/mol. The fourth-order valence-corrected chi connectivity index (χ4v) is 1.92. The van der Waals surface area contributed by atoms with Gasteiger partial charge in [0.25, 0.3) is 5.78 Å². The average Bonchev–Trinajstić information content (AvgIpc) is 2.45. The van der Waals surface area contributed by atoms with Crippen LogP contribution in [0.5, 0.6) is 0 Å². The van der Waals surface area contributed by atoms with E-state index < -0.39 is 12.0 Å². The number of allylic oxidation sites excluding steroid dienone is 1. The predicted molar refractivity (Wildman–Crippen MR) is 67.9 cm³/mol. The Balaban J connectivity index is 2.33. The van der Waals surface area contributed by atoms with E-state index in [4.69, 9.17) is 4.74 Å². The van der Waals surface area contributed by atoms with Crippen LogP contribution in [0.3, 0.4) is 0 Å². The molecule has 1 aliphatic heterocycles. The number of hydrogen-bond acceptors (Lipinski definition) is 3. The van der Waals surface area contributed by atoms with Crippen LogP contribution in [-0.4, -0.2) is 43.2 Å². The molecule has 0 amide bonds. The van der Waals surface area contributed by atoms with Gasteiger partial charge in [-0.3, -0.25) is 4.79 Å². The first-order valence-electron chi connectivity index (χ1n) is 6.19. The van der Waals surface area contributed by atoms with Crippen molar-refractivity contribution in [2.75, 3.05) is 26.3 Å². The van der Waals surface area contributed by atoms with Crippen molar-refractivity contribution in [2.45, 2.75) is 6.18 Å². The normalized spacial score (nSPS) is 17.1. The highest BCUT2D eigenvalue weighted by Crippen LogP contribution is 2.27. The maximum absolute atomic E-state index is 12.7. The highest BCUT2D eigenvalue weighted by molar-refractivity contribution is 6.23. The van der Waals surface area contributed by atoms with Crippen molar-refractivity contribution < 1.29 is 22.7 Å². The number of halogens is 3. The zero-order valence-corrected chi connectivity index (χ0v) is 10.7. The third-order valence-electron chi connectivity index (χ3n) is 2.94. The Hall–Kier alpha value is -1.82. The zero-order chi connectivity index (χ0) is 14.6. The molecule has 0 aliphatic carbocycles. The van der Waals surface area contributed by atoms with Gasteiger partial charge in [-0.25, -0.2) is 0 Å². The molecule has 0 atom stereocenters. The summed E-state index contributed by atoms with van der Waals surface area (Å²) in [6.07, 6.45) is -3.60. The van der Waals surface area contributed by atoms with E-state index in [1.54, 1.807) is 23.1 Å². The largest absolute Gasteiger partial charge is 0.454 e. The number of carbonyl (C=O) groups excluding carboxylic acids is 1. The maximum Gasteiger partial charge on any atom is 0.454 e. The lowest BCUT2D eigenvalue weighted by molar-refractivity contribution is -0.164. The highest BCUT2D eigenvalue weighted by atomic mass is 19.4. The van der Waals surface area contributed by atoms with Crippen molar-refractivity contribution in [2.24, 2.45) is 0 Å². The average molecular weight is 285 g/mol. The predicted octanol–water partition coefficient (Wildman–Crippen LogP) is 2.49. The van der Waals surface area contributed by atoms with Gasteiger partial charge in [0.2, 0.25) is 0 Å². The van der Waals surface area contributed by atoms with E-state index in [1.165, 1.54) is 18.3 Å². The number of Topliss-reactive ketones (excluding diaryl/α,β-unsaturated/α-hetero) is 1. The van der Waals surface area contributed by atoms with Crippen LogP contribution >= 0.6 is 0 Å². The maximum atomic E-state index is 12.7. The highest BCUT2D eigenvalue weighted by Gasteiger charge is 2.41. The van der Waals surface area contributed by atoms with Crippen LogP contribution in [0.25, 0.3) is 5.57 Å². The first kappa shape index (κ1) is 14.6. The van der Waals surface area contributed by atoms with Crippen molar-refractivity contribution in [3.63, 3.8) is 0 Å². The quantitative estimate of drug-likeness (QED) is 0.799. The van der Waals surface area contributed by atoms with Gasteiger partial charge in [0.1, 0.15) is 0 Å². The summed E-state index contributed by atoms with van der Waals surface area (Å²) in [5.74, 6) is -1.82.